The van der Waals surface area contributed by atoms with Crippen LogP contribution in [-0.2, 0) is 0 Å². The van der Waals surface area contributed by atoms with Gasteiger partial charge in [-0.25, -0.2) is 4.98 Å². The smallest absolute Gasteiger partial charge is 0.138 e. The van der Waals surface area contributed by atoms with Crippen LogP contribution in [0.5, 0.6) is 0 Å². The van der Waals surface area contributed by atoms with Crippen LogP contribution in [0.1, 0.15) is 0 Å². The average Bonchev–Trinajstić information content (AvgIpc) is 3.78. The topological polar surface area (TPSA) is 22.8 Å². The van der Waals surface area contributed by atoms with E-state index in [0.717, 1.165) is 22.4 Å². The van der Waals surface area contributed by atoms with Gasteiger partial charge in [0.1, 0.15) is 5.82 Å². The second-order valence-corrected chi connectivity index (χ2v) is 12.8. The molecule has 0 saturated carbocycles. The van der Waals surface area contributed by atoms with Crippen molar-refractivity contribution in [1.82, 2.24) is 14.1 Å². The molecule has 3 heteroatoms. The first-order chi connectivity index (χ1) is 23.8. The highest BCUT2D eigenvalue weighted by atomic mass is 15.1. The Labute approximate surface area is 276 Å². The summed E-state index contributed by atoms with van der Waals surface area (Å²) in [5, 5.41) is 6.21. The van der Waals surface area contributed by atoms with Gasteiger partial charge in [0.15, 0.2) is 0 Å². The summed E-state index contributed by atoms with van der Waals surface area (Å²) >= 11 is 0. The molecule has 3 nitrogen and oxygen atoms in total. The van der Waals surface area contributed by atoms with E-state index in [2.05, 4.69) is 173 Å². The molecule has 7 aromatic carbocycles. The molecule has 0 unspecified atom stereocenters. The van der Waals surface area contributed by atoms with Crippen LogP contribution in [-0.4, -0.2) is 14.1 Å². The van der Waals surface area contributed by atoms with Gasteiger partial charge < -0.3 is 4.57 Å². The van der Waals surface area contributed by atoms with E-state index in [9.17, 15) is 0 Å². The minimum Gasteiger partial charge on any atom is -0.309 e. The van der Waals surface area contributed by atoms with Crippen molar-refractivity contribution in [2.24, 2.45) is 0 Å². The summed E-state index contributed by atoms with van der Waals surface area (Å²) in [4.78, 5) is 5.29. The third-order valence-corrected chi connectivity index (χ3v) is 10.2. The Morgan fingerprint density at radius 2 is 0.896 bits per heavy atom. The largest absolute Gasteiger partial charge is 0.309 e. The zero-order valence-electron chi connectivity index (χ0n) is 25.9. The van der Waals surface area contributed by atoms with Gasteiger partial charge in [-0.2, -0.15) is 0 Å². The molecule has 222 valence electrons. The van der Waals surface area contributed by atoms with Crippen molar-refractivity contribution in [3.63, 3.8) is 0 Å². The first kappa shape index (κ1) is 25.7. The molecule has 10 aromatic rings. The Morgan fingerprint density at radius 3 is 1.60 bits per heavy atom. The van der Waals surface area contributed by atoms with Gasteiger partial charge >= 0.3 is 0 Å². The predicted octanol–water partition coefficient (Wildman–Crippen LogP) is 11.7. The highest BCUT2D eigenvalue weighted by molar-refractivity contribution is 6.16. The quantitative estimate of drug-likeness (QED) is 0.195. The van der Waals surface area contributed by atoms with Crippen molar-refractivity contribution in [3.8, 4) is 44.9 Å². The Hall–Kier alpha value is -6.45. The lowest BCUT2D eigenvalue weighted by molar-refractivity contribution is 1.10. The van der Waals surface area contributed by atoms with Gasteiger partial charge in [0, 0.05) is 32.6 Å². The summed E-state index contributed by atoms with van der Waals surface area (Å²) in [6, 6.07) is 59.4. The third-order valence-electron chi connectivity index (χ3n) is 10.2. The average molecular weight is 610 g/mol. The van der Waals surface area contributed by atoms with Crippen LogP contribution >= 0.6 is 0 Å². The van der Waals surface area contributed by atoms with E-state index in [4.69, 9.17) is 4.98 Å². The third kappa shape index (κ3) is 3.45. The van der Waals surface area contributed by atoms with E-state index < -0.39 is 0 Å². The Balaban J connectivity index is 1.12. The summed E-state index contributed by atoms with van der Waals surface area (Å²) in [6.45, 7) is 0. The van der Waals surface area contributed by atoms with Crippen molar-refractivity contribution in [2.75, 3.05) is 0 Å². The van der Waals surface area contributed by atoms with E-state index in [1.165, 1.54) is 77.0 Å². The molecule has 11 rings (SSSR count). The molecule has 0 saturated heterocycles. The number of hydrogen-bond donors (Lipinski definition) is 0. The molecule has 0 atom stereocenters. The van der Waals surface area contributed by atoms with Crippen LogP contribution in [0.25, 0.3) is 99.4 Å². The summed E-state index contributed by atoms with van der Waals surface area (Å²) in [5.41, 5.74) is 14.4. The van der Waals surface area contributed by atoms with Crippen LogP contribution in [0.4, 0.5) is 0 Å². The summed E-state index contributed by atoms with van der Waals surface area (Å²) in [6.07, 6.45) is 0. The Bertz CT molecular complexity index is 2940. The maximum atomic E-state index is 5.29. The molecule has 0 N–H and O–H groups in total. The van der Waals surface area contributed by atoms with Crippen molar-refractivity contribution in [1.29, 1.82) is 0 Å². The molecule has 0 aliphatic heterocycles. The van der Waals surface area contributed by atoms with Crippen LogP contribution in [0, 0.1) is 0 Å². The second kappa shape index (κ2) is 9.54. The second-order valence-electron chi connectivity index (χ2n) is 12.8. The number of hydrogen-bond acceptors (Lipinski definition) is 1. The van der Waals surface area contributed by atoms with Crippen molar-refractivity contribution in [2.45, 2.75) is 0 Å². The van der Waals surface area contributed by atoms with Crippen molar-refractivity contribution >= 4 is 54.5 Å². The van der Waals surface area contributed by atoms with Gasteiger partial charge in [0.2, 0.25) is 0 Å². The lowest BCUT2D eigenvalue weighted by Gasteiger charge is -2.11. The highest BCUT2D eigenvalue weighted by Crippen LogP contribution is 2.48. The van der Waals surface area contributed by atoms with E-state index in [0.29, 0.717) is 0 Å². The van der Waals surface area contributed by atoms with Crippen LogP contribution < -0.4 is 0 Å². The predicted molar refractivity (Wildman–Crippen MR) is 200 cm³/mol. The lowest BCUT2D eigenvalue weighted by Crippen LogP contribution is -1.98. The maximum absolute atomic E-state index is 5.29. The first-order valence-electron chi connectivity index (χ1n) is 16.5. The Morgan fingerprint density at radius 1 is 0.354 bits per heavy atom. The molecule has 1 aliphatic rings. The lowest BCUT2D eigenvalue weighted by atomic mass is 10.0. The fourth-order valence-corrected chi connectivity index (χ4v) is 8.18. The van der Waals surface area contributed by atoms with Crippen LogP contribution in [0.15, 0.2) is 164 Å². The SMILES string of the molecule is c1ccc(-n2c3ccccc3c3cc(-c4ccc5c(c4)c4ccccc4n5-c4cc5c6c(cccc6n4)-c4ccccc4-5)ccc32)cc1. The fourth-order valence-electron chi connectivity index (χ4n) is 8.18. The van der Waals surface area contributed by atoms with E-state index in [1.807, 2.05) is 0 Å². The minimum absolute atomic E-state index is 0.945. The summed E-state index contributed by atoms with van der Waals surface area (Å²) in [5.74, 6) is 0.945. The normalized spacial score (nSPS) is 12.2. The number of nitrogens with zero attached hydrogens (tertiary/aromatic N) is 3. The summed E-state index contributed by atoms with van der Waals surface area (Å²) < 4.78 is 4.71. The number of aromatic nitrogens is 3. The molecule has 0 spiro atoms. The van der Waals surface area contributed by atoms with E-state index in [-0.39, 0.29) is 0 Å². The monoisotopic (exact) mass is 609 g/mol. The molecule has 1 aliphatic carbocycles. The summed E-state index contributed by atoms with van der Waals surface area (Å²) in [7, 11) is 0. The fraction of sp³-hybridized carbons (Fsp3) is 0. The van der Waals surface area contributed by atoms with Gasteiger partial charge in [-0.15, -0.1) is 0 Å². The zero-order valence-corrected chi connectivity index (χ0v) is 25.9. The van der Waals surface area contributed by atoms with E-state index in [1.54, 1.807) is 0 Å². The molecule has 0 amide bonds. The molecular weight excluding hydrogens is 583 g/mol. The van der Waals surface area contributed by atoms with Gasteiger partial charge in [-0.05, 0) is 94.0 Å². The van der Waals surface area contributed by atoms with Gasteiger partial charge in [-0.3, -0.25) is 4.57 Å². The number of benzene rings is 7. The highest BCUT2D eigenvalue weighted by Gasteiger charge is 2.24. The minimum atomic E-state index is 0.945. The number of rotatable bonds is 3. The molecule has 48 heavy (non-hydrogen) atoms. The standard InChI is InChI=1S/C45H27N3/c1-2-11-30(12-3-1)47-40-19-8-6-15-33(40)36-25-28(21-23-42(36)47)29-22-24-43-37(26-29)34-16-7-9-20-41(34)48(43)44-27-38-32-14-5-4-13-31(32)35-17-10-18-39(46-44)45(35)38/h1-27H. The maximum Gasteiger partial charge on any atom is 0.138 e. The number of pyridine rings is 1. The van der Waals surface area contributed by atoms with Crippen molar-refractivity contribution in [3.05, 3.63) is 164 Å². The van der Waals surface area contributed by atoms with Gasteiger partial charge in [0.25, 0.3) is 0 Å². The van der Waals surface area contributed by atoms with E-state index >= 15 is 0 Å². The molecule has 0 fully saturated rings. The van der Waals surface area contributed by atoms with Gasteiger partial charge in [-0.1, -0.05) is 103 Å². The van der Waals surface area contributed by atoms with Gasteiger partial charge in [0.05, 0.1) is 27.6 Å². The van der Waals surface area contributed by atoms with Crippen molar-refractivity contribution < 1.29 is 0 Å². The molecular formula is C45H27N3. The molecule has 0 bridgehead atoms. The van der Waals surface area contributed by atoms with Crippen LogP contribution in [0.2, 0.25) is 0 Å². The molecule has 3 aromatic heterocycles. The molecule has 0 radical (unpaired) electrons. The Kier molecular flexibility index (Phi) is 5.11. The number of fused-ring (bicyclic) bond motifs is 9. The van der Waals surface area contributed by atoms with Crippen LogP contribution in [0.3, 0.4) is 0 Å². The first-order valence-corrected chi connectivity index (χ1v) is 16.5. The zero-order chi connectivity index (χ0) is 31.3. The number of para-hydroxylation sites is 3. The molecule has 3 heterocycles.